The van der Waals surface area contributed by atoms with Crippen LogP contribution in [0.25, 0.3) is 0 Å². The molecular formula is C15H16FN3. The van der Waals surface area contributed by atoms with Crippen molar-refractivity contribution in [1.29, 1.82) is 5.26 Å². The van der Waals surface area contributed by atoms with Crippen molar-refractivity contribution in [3.05, 3.63) is 52.6 Å². The van der Waals surface area contributed by atoms with Gasteiger partial charge >= 0.3 is 0 Å². The molecule has 0 atom stereocenters. The fraction of sp³-hybridized carbons (Fsp3) is 0.267. The van der Waals surface area contributed by atoms with Crippen LogP contribution in [-0.4, -0.2) is 4.57 Å². The Labute approximate surface area is 112 Å². The molecule has 98 valence electrons. The van der Waals surface area contributed by atoms with Gasteiger partial charge in [0, 0.05) is 19.3 Å². The number of nitrogens with zero attached hydrogens (tertiary/aromatic N) is 2. The Morgan fingerprint density at radius 2 is 2.11 bits per heavy atom. The van der Waals surface area contributed by atoms with Gasteiger partial charge < -0.3 is 9.88 Å². The number of anilines is 1. The van der Waals surface area contributed by atoms with Crippen molar-refractivity contribution in [2.75, 3.05) is 5.32 Å². The molecule has 0 bridgehead atoms. The van der Waals surface area contributed by atoms with Gasteiger partial charge in [-0.2, -0.15) is 5.26 Å². The van der Waals surface area contributed by atoms with Crippen LogP contribution in [-0.2, 0) is 13.6 Å². The van der Waals surface area contributed by atoms with Crippen LogP contribution in [0.15, 0.2) is 24.3 Å². The summed E-state index contributed by atoms with van der Waals surface area (Å²) in [4.78, 5) is 0. The highest BCUT2D eigenvalue weighted by atomic mass is 19.1. The average Bonchev–Trinajstić information content (AvgIpc) is 2.66. The molecule has 19 heavy (non-hydrogen) atoms. The van der Waals surface area contributed by atoms with E-state index in [0.717, 1.165) is 16.8 Å². The third-order valence-electron chi connectivity index (χ3n) is 3.43. The van der Waals surface area contributed by atoms with Crippen LogP contribution in [0.1, 0.15) is 22.5 Å². The Bertz CT molecular complexity index is 630. The molecule has 4 heteroatoms. The maximum atomic E-state index is 13.7. The van der Waals surface area contributed by atoms with E-state index >= 15 is 0 Å². The summed E-state index contributed by atoms with van der Waals surface area (Å²) in [5.74, 6) is -0.255. The lowest BCUT2D eigenvalue weighted by Gasteiger charge is -2.10. The summed E-state index contributed by atoms with van der Waals surface area (Å²) in [5.41, 5.74) is 4.01. The number of para-hydroxylation sites is 1. The van der Waals surface area contributed by atoms with Gasteiger partial charge in [0.1, 0.15) is 17.6 Å². The molecular weight excluding hydrogens is 241 g/mol. The van der Waals surface area contributed by atoms with Crippen molar-refractivity contribution < 1.29 is 4.39 Å². The van der Waals surface area contributed by atoms with Crippen LogP contribution in [0.3, 0.4) is 0 Å². The summed E-state index contributed by atoms with van der Waals surface area (Å²) in [6.45, 7) is 4.32. The second kappa shape index (κ2) is 5.15. The van der Waals surface area contributed by atoms with Gasteiger partial charge in [0.05, 0.1) is 5.69 Å². The molecule has 0 unspecified atom stereocenters. The van der Waals surface area contributed by atoms with Gasteiger partial charge in [0.15, 0.2) is 0 Å². The number of nitriles is 1. The van der Waals surface area contributed by atoms with Crippen molar-refractivity contribution in [3.8, 4) is 6.07 Å². The highest BCUT2D eigenvalue weighted by Crippen LogP contribution is 2.21. The van der Waals surface area contributed by atoms with Crippen molar-refractivity contribution >= 4 is 5.69 Å². The largest absolute Gasteiger partial charge is 0.378 e. The SMILES string of the molecule is Cc1cccc(F)c1NCc1cc(C#N)n(C)c1C. The van der Waals surface area contributed by atoms with Gasteiger partial charge in [0.2, 0.25) is 0 Å². The summed E-state index contributed by atoms with van der Waals surface area (Å²) in [6.07, 6.45) is 0. The topological polar surface area (TPSA) is 40.8 Å². The Kier molecular flexibility index (Phi) is 3.57. The van der Waals surface area contributed by atoms with Crippen LogP contribution in [0, 0.1) is 31.0 Å². The molecule has 1 N–H and O–H groups in total. The summed E-state index contributed by atoms with van der Waals surface area (Å²) in [7, 11) is 1.85. The van der Waals surface area contributed by atoms with E-state index in [2.05, 4.69) is 11.4 Å². The van der Waals surface area contributed by atoms with E-state index < -0.39 is 0 Å². The number of nitrogens with one attached hydrogen (secondary N) is 1. The van der Waals surface area contributed by atoms with Gasteiger partial charge in [0.25, 0.3) is 0 Å². The van der Waals surface area contributed by atoms with Gasteiger partial charge in [-0.25, -0.2) is 4.39 Å². The van der Waals surface area contributed by atoms with E-state index in [0.29, 0.717) is 17.9 Å². The third kappa shape index (κ3) is 2.45. The van der Waals surface area contributed by atoms with Gasteiger partial charge in [-0.15, -0.1) is 0 Å². The molecule has 0 saturated carbocycles. The highest BCUT2D eigenvalue weighted by Gasteiger charge is 2.10. The maximum Gasteiger partial charge on any atom is 0.146 e. The predicted octanol–water partition coefficient (Wildman–Crippen LogP) is 3.26. The van der Waals surface area contributed by atoms with E-state index in [9.17, 15) is 4.39 Å². The average molecular weight is 257 g/mol. The zero-order valence-corrected chi connectivity index (χ0v) is 11.3. The minimum absolute atomic E-state index is 0.255. The van der Waals surface area contributed by atoms with E-state index in [-0.39, 0.29) is 5.82 Å². The molecule has 0 aliphatic rings. The number of halogens is 1. The molecule has 0 saturated heterocycles. The van der Waals surface area contributed by atoms with Crippen LogP contribution in [0.2, 0.25) is 0 Å². The number of aryl methyl sites for hydroxylation is 1. The molecule has 1 aromatic heterocycles. The van der Waals surface area contributed by atoms with Gasteiger partial charge in [-0.1, -0.05) is 12.1 Å². The molecule has 0 aliphatic heterocycles. The van der Waals surface area contributed by atoms with Gasteiger partial charge in [-0.05, 0) is 37.1 Å². The molecule has 0 fully saturated rings. The second-order valence-electron chi connectivity index (χ2n) is 4.60. The maximum absolute atomic E-state index is 13.7. The molecule has 0 aliphatic carbocycles. The molecule has 1 heterocycles. The van der Waals surface area contributed by atoms with Crippen LogP contribution in [0.4, 0.5) is 10.1 Å². The number of hydrogen-bond acceptors (Lipinski definition) is 2. The normalized spacial score (nSPS) is 10.3. The Balaban J connectivity index is 2.22. The zero-order chi connectivity index (χ0) is 14.0. The number of rotatable bonds is 3. The lowest BCUT2D eigenvalue weighted by atomic mass is 10.1. The minimum atomic E-state index is -0.255. The Morgan fingerprint density at radius 3 is 2.68 bits per heavy atom. The molecule has 0 radical (unpaired) electrons. The zero-order valence-electron chi connectivity index (χ0n) is 11.3. The fourth-order valence-electron chi connectivity index (χ4n) is 2.09. The Morgan fingerprint density at radius 1 is 1.37 bits per heavy atom. The first-order valence-electron chi connectivity index (χ1n) is 6.09. The lowest BCUT2D eigenvalue weighted by molar-refractivity contribution is 0.629. The molecule has 1 aromatic carbocycles. The molecule has 2 aromatic rings. The second-order valence-corrected chi connectivity index (χ2v) is 4.60. The fourth-order valence-corrected chi connectivity index (χ4v) is 2.09. The van der Waals surface area contributed by atoms with Crippen LogP contribution >= 0.6 is 0 Å². The third-order valence-corrected chi connectivity index (χ3v) is 3.43. The molecule has 0 amide bonds. The van der Waals surface area contributed by atoms with Crippen molar-refractivity contribution in [2.24, 2.45) is 7.05 Å². The first-order chi connectivity index (χ1) is 9.04. The smallest absolute Gasteiger partial charge is 0.146 e. The van der Waals surface area contributed by atoms with E-state index in [1.54, 1.807) is 6.07 Å². The predicted molar refractivity (Wildman–Crippen MR) is 73.3 cm³/mol. The van der Waals surface area contributed by atoms with Crippen LogP contribution < -0.4 is 5.32 Å². The number of benzene rings is 1. The molecule has 0 spiro atoms. The highest BCUT2D eigenvalue weighted by molar-refractivity contribution is 5.52. The molecule has 3 nitrogen and oxygen atoms in total. The Hall–Kier alpha value is -2.28. The molecule has 2 rings (SSSR count). The van der Waals surface area contributed by atoms with Crippen molar-refractivity contribution in [1.82, 2.24) is 4.57 Å². The first-order valence-corrected chi connectivity index (χ1v) is 6.09. The van der Waals surface area contributed by atoms with E-state index in [1.807, 2.05) is 37.6 Å². The lowest BCUT2D eigenvalue weighted by Crippen LogP contribution is -2.04. The summed E-state index contributed by atoms with van der Waals surface area (Å²) in [6, 6.07) is 8.97. The van der Waals surface area contributed by atoms with E-state index in [1.165, 1.54) is 6.07 Å². The number of hydrogen-bond donors (Lipinski definition) is 1. The van der Waals surface area contributed by atoms with Gasteiger partial charge in [-0.3, -0.25) is 0 Å². The summed E-state index contributed by atoms with van der Waals surface area (Å²) in [5, 5.41) is 12.1. The van der Waals surface area contributed by atoms with E-state index in [4.69, 9.17) is 5.26 Å². The van der Waals surface area contributed by atoms with Crippen molar-refractivity contribution in [2.45, 2.75) is 20.4 Å². The summed E-state index contributed by atoms with van der Waals surface area (Å²) >= 11 is 0. The monoisotopic (exact) mass is 257 g/mol. The quantitative estimate of drug-likeness (QED) is 0.916. The minimum Gasteiger partial charge on any atom is -0.378 e. The van der Waals surface area contributed by atoms with Crippen molar-refractivity contribution in [3.63, 3.8) is 0 Å². The number of aromatic nitrogens is 1. The first kappa shape index (κ1) is 13.2. The summed E-state index contributed by atoms with van der Waals surface area (Å²) < 4.78 is 15.5. The standard InChI is InChI=1S/C15H16FN3/c1-10-5-4-6-14(16)15(10)18-9-12-7-13(8-17)19(3)11(12)2/h4-7,18H,9H2,1-3H3. The van der Waals surface area contributed by atoms with Crippen LogP contribution in [0.5, 0.6) is 0 Å².